The van der Waals surface area contributed by atoms with Crippen LogP contribution in [0.15, 0.2) is 72.9 Å². The molecule has 0 radical (unpaired) electrons. The lowest BCUT2D eigenvalue weighted by molar-refractivity contribution is 0.0680. The molecule has 1 fully saturated rings. The summed E-state index contributed by atoms with van der Waals surface area (Å²) in [5.41, 5.74) is 7.87. The van der Waals surface area contributed by atoms with Crippen molar-refractivity contribution in [3.63, 3.8) is 0 Å². The summed E-state index contributed by atoms with van der Waals surface area (Å²) in [5.74, 6) is 0.00147. The molecule has 1 aliphatic rings. The van der Waals surface area contributed by atoms with Crippen molar-refractivity contribution < 1.29 is 8.78 Å². The van der Waals surface area contributed by atoms with Crippen molar-refractivity contribution in [2.45, 2.75) is 71.6 Å². The second-order valence-electron chi connectivity index (χ2n) is 10.3. The Morgan fingerprint density at radius 1 is 1.14 bits per heavy atom. The lowest BCUT2D eigenvalue weighted by atomic mass is 9.85. The highest BCUT2D eigenvalue weighted by molar-refractivity contribution is 5.74. The zero-order chi connectivity index (χ0) is 26.7. The molecule has 2 heteroatoms. The Morgan fingerprint density at radius 2 is 1.83 bits per heavy atom. The van der Waals surface area contributed by atoms with Gasteiger partial charge in [0.25, 0.3) is 5.92 Å². The quantitative estimate of drug-likeness (QED) is 0.233. The van der Waals surface area contributed by atoms with Gasteiger partial charge in [-0.3, -0.25) is 0 Å². The van der Waals surface area contributed by atoms with Gasteiger partial charge in [0.05, 0.1) is 0 Å². The third-order valence-electron chi connectivity index (χ3n) is 7.52. The van der Waals surface area contributed by atoms with Crippen LogP contribution in [0.1, 0.15) is 73.4 Å². The van der Waals surface area contributed by atoms with Gasteiger partial charge in [-0.25, -0.2) is 8.78 Å². The second-order valence-corrected chi connectivity index (χ2v) is 10.3. The number of aryl methyl sites for hydroxylation is 2. The molecule has 0 aromatic heterocycles. The molecule has 2 aromatic carbocycles. The highest BCUT2D eigenvalue weighted by atomic mass is 19.3. The summed E-state index contributed by atoms with van der Waals surface area (Å²) >= 11 is 0. The van der Waals surface area contributed by atoms with Crippen molar-refractivity contribution in [2.24, 2.45) is 5.92 Å². The van der Waals surface area contributed by atoms with Gasteiger partial charge in [-0.2, -0.15) is 0 Å². The summed E-state index contributed by atoms with van der Waals surface area (Å²) in [4.78, 5) is 0. The predicted molar refractivity (Wildman–Crippen MR) is 151 cm³/mol. The fourth-order valence-electron chi connectivity index (χ4n) is 4.99. The Labute approximate surface area is 216 Å². The molecule has 1 atom stereocenters. The molecule has 0 aliphatic heterocycles. The first-order valence-corrected chi connectivity index (χ1v) is 12.7. The Morgan fingerprint density at radius 3 is 2.36 bits per heavy atom. The molecule has 36 heavy (non-hydrogen) atoms. The highest BCUT2D eigenvalue weighted by Crippen LogP contribution is 2.54. The fraction of sp³-hybridized carbons (Fsp3) is 0.353. The van der Waals surface area contributed by atoms with Gasteiger partial charge in [-0.15, -0.1) is 12.3 Å². The van der Waals surface area contributed by atoms with E-state index < -0.39 is 5.92 Å². The normalized spacial score (nSPS) is 16.3. The molecule has 2 aromatic rings. The van der Waals surface area contributed by atoms with Crippen LogP contribution in [0.5, 0.6) is 0 Å². The molecule has 0 saturated heterocycles. The van der Waals surface area contributed by atoms with Gasteiger partial charge in [0.15, 0.2) is 0 Å². The van der Waals surface area contributed by atoms with E-state index in [1.165, 1.54) is 16.7 Å². The van der Waals surface area contributed by atoms with Gasteiger partial charge in [-0.1, -0.05) is 75.6 Å². The molecular weight excluding hydrogens is 446 g/mol. The lowest BCUT2D eigenvalue weighted by Gasteiger charge is -2.21. The first-order chi connectivity index (χ1) is 17.0. The van der Waals surface area contributed by atoms with E-state index in [1.54, 1.807) is 12.2 Å². The first-order valence-electron chi connectivity index (χ1n) is 12.7. The molecule has 3 rings (SSSR count). The maximum Gasteiger partial charge on any atom is 0.270 e. The molecule has 0 spiro atoms. The summed E-state index contributed by atoms with van der Waals surface area (Å²) in [6.45, 7) is 17.3. The number of rotatable bonds is 10. The summed E-state index contributed by atoms with van der Waals surface area (Å²) in [6, 6.07) is 12.4. The minimum Gasteiger partial charge on any atom is -0.202 e. The summed E-state index contributed by atoms with van der Waals surface area (Å²) < 4.78 is 29.8. The number of alkyl halides is 2. The van der Waals surface area contributed by atoms with Crippen molar-refractivity contribution in [1.29, 1.82) is 0 Å². The zero-order valence-electron chi connectivity index (χ0n) is 22.3. The van der Waals surface area contributed by atoms with E-state index in [1.807, 2.05) is 38.1 Å². The topological polar surface area (TPSA) is 0 Å². The number of halogens is 2. The maximum atomic E-state index is 14.9. The first kappa shape index (κ1) is 27.4. The smallest absolute Gasteiger partial charge is 0.202 e. The number of terminal acetylenes is 1. The van der Waals surface area contributed by atoms with E-state index in [0.29, 0.717) is 12.0 Å². The van der Waals surface area contributed by atoms with Gasteiger partial charge < -0.3 is 0 Å². The van der Waals surface area contributed by atoms with Crippen LogP contribution in [0.4, 0.5) is 8.78 Å². The summed E-state index contributed by atoms with van der Waals surface area (Å²) in [5, 5.41) is 0. The van der Waals surface area contributed by atoms with Crippen LogP contribution in [0.2, 0.25) is 0 Å². The van der Waals surface area contributed by atoms with Crippen LogP contribution in [-0.2, 0) is 11.8 Å². The van der Waals surface area contributed by atoms with Gasteiger partial charge in [0, 0.05) is 23.8 Å². The van der Waals surface area contributed by atoms with E-state index in [-0.39, 0.29) is 16.9 Å². The molecule has 1 saturated carbocycles. The van der Waals surface area contributed by atoms with Crippen LogP contribution in [-0.4, -0.2) is 5.92 Å². The van der Waals surface area contributed by atoms with Gasteiger partial charge in [-0.05, 0) is 90.1 Å². The molecule has 0 amide bonds. The van der Waals surface area contributed by atoms with Crippen molar-refractivity contribution in [3.05, 3.63) is 106 Å². The Hall–Kier alpha value is -3.18. The van der Waals surface area contributed by atoms with Crippen LogP contribution < -0.4 is 0 Å². The SMILES string of the molecule is C#CC(C)Cc1ccc(C2(C(=C)/C=C\C(=C(/CC)c3ccc(C)c(C=C)c3)C(C)(F)F)CC2)cc1C. The van der Waals surface area contributed by atoms with E-state index in [4.69, 9.17) is 6.42 Å². The Bertz CT molecular complexity index is 1250. The zero-order valence-corrected chi connectivity index (χ0v) is 22.3. The maximum absolute atomic E-state index is 14.9. The van der Waals surface area contributed by atoms with Crippen molar-refractivity contribution in [2.75, 3.05) is 0 Å². The minimum atomic E-state index is -2.98. The molecule has 1 aliphatic carbocycles. The molecule has 188 valence electrons. The molecule has 0 heterocycles. The van der Waals surface area contributed by atoms with Crippen molar-refractivity contribution in [3.8, 4) is 12.3 Å². The second kappa shape index (κ2) is 10.8. The van der Waals surface area contributed by atoms with Crippen LogP contribution in [0, 0.1) is 32.1 Å². The minimum absolute atomic E-state index is 0.0376. The third kappa shape index (κ3) is 5.79. The predicted octanol–water partition coefficient (Wildman–Crippen LogP) is 9.42. The summed E-state index contributed by atoms with van der Waals surface area (Å²) in [7, 11) is 0. The van der Waals surface area contributed by atoms with Gasteiger partial charge >= 0.3 is 0 Å². The van der Waals surface area contributed by atoms with Crippen LogP contribution >= 0.6 is 0 Å². The van der Waals surface area contributed by atoms with Gasteiger partial charge in [0.2, 0.25) is 0 Å². The van der Waals surface area contributed by atoms with Crippen molar-refractivity contribution in [1.82, 2.24) is 0 Å². The van der Waals surface area contributed by atoms with Gasteiger partial charge in [0.1, 0.15) is 0 Å². The largest absolute Gasteiger partial charge is 0.270 e. The molecule has 0 bridgehead atoms. The average Bonchev–Trinajstić information content (AvgIpc) is 3.64. The lowest BCUT2D eigenvalue weighted by Crippen LogP contribution is -2.15. The number of allylic oxidation sites excluding steroid dienone is 5. The highest BCUT2D eigenvalue weighted by Gasteiger charge is 2.46. The average molecular weight is 485 g/mol. The Kier molecular flexibility index (Phi) is 8.25. The monoisotopic (exact) mass is 484 g/mol. The van der Waals surface area contributed by atoms with E-state index in [0.717, 1.165) is 48.4 Å². The fourth-order valence-corrected chi connectivity index (χ4v) is 4.99. The number of benzene rings is 2. The molecule has 1 unspecified atom stereocenters. The van der Waals surface area contributed by atoms with Crippen molar-refractivity contribution >= 4 is 11.6 Å². The third-order valence-corrected chi connectivity index (χ3v) is 7.52. The van der Waals surface area contributed by atoms with E-state index in [9.17, 15) is 8.78 Å². The molecular formula is C34H38F2. The van der Waals surface area contributed by atoms with Crippen LogP contribution in [0.3, 0.4) is 0 Å². The molecule has 0 nitrogen and oxygen atoms in total. The van der Waals surface area contributed by atoms with E-state index >= 15 is 0 Å². The summed E-state index contributed by atoms with van der Waals surface area (Å²) in [6.07, 6.45) is 14.0. The van der Waals surface area contributed by atoms with E-state index in [2.05, 4.69) is 51.1 Å². The number of hydrogen-bond acceptors (Lipinski definition) is 0. The molecule has 0 N–H and O–H groups in total. The standard InChI is InChI=1S/C34H38F2/c1-9-23(4)20-28-15-16-30(21-25(28)6)34(18-19-34)26(7)13-17-32(33(8,35)36)31(11-3)29-14-12-24(5)27(10-2)22-29/h1,10,12-17,21-23H,2,7,11,18-20H2,3-6,8H3/b17-13-,32-31-. The van der Waals surface area contributed by atoms with Crippen LogP contribution in [0.25, 0.3) is 11.6 Å². The number of hydrogen-bond donors (Lipinski definition) is 0. The Balaban J connectivity index is 1.96.